The maximum Gasteiger partial charge on any atom is 0.262 e. The maximum atomic E-state index is 12.2. The molecule has 4 rings (SSSR count). The van der Waals surface area contributed by atoms with Gasteiger partial charge in [-0.3, -0.25) is 4.79 Å². The Kier molecular flexibility index (Phi) is 5.14. The lowest BCUT2D eigenvalue weighted by atomic mass is 10.1. The van der Waals surface area contributed by atoms with Gasteiger partial charge in [-0.25, -0.2) is 4.98 Å². The van der Waals surface area contributed by atoms with E-state index in [2.05, 4.69) is 10.3 Å². The number of aromatic nitrogens is 1. The summed E-state index contributed by atoms with van der Waals surface area (Å²) in [6.07, 6.45) is 0. The summed E-state index contributed by atoms with van der Waals surface area (Å²) in [4.78, 5) is 16.7. The van der Waals surface area contributed by atoms with E-state index in [0.29, 0.717) is 28.5 Å². The number of ether oxygens (including phenoxy) is 1. The molecule has 30 heavy (non-hydrogen) atoms. The molecular weight excluding hydrogens is 380 g/mol. The third-order valence-corrected chi connectivity index (χ3v) is 4.74. The van der Waals surface area contributed by atoms with Crippen LogP contribution in [0.25, 0.3) is 22.6 Å². The number of nitrogens with zero attached hydrogens (tertiary/aromatic N) is 1. The number of fused-ring (bicyclic) bond motifs is 1. The molecule has 0 spiro atoms. The van der Waals surface area contributed by atoms with E-state index in [4.69, 9.17) is 9.15 Å². The molecule has 0 radical (unpaired) electrons. The monoisotopic (exact) mass is 402 g/mol. The van der Waals surface area contributed by atoms with Gasteiger partial charge in [0.05, 0.1) is 5.56 Å². The number of rotatable bonds is 5. The minimum atomic E-state index is -0.320. The Morgan fingerprint density at radius 3 is 2.57 bits per heavy atom. The number of carbonyl (C=O) groups excluding carboxylic acids is 1. The van der Waals surface area contributed by atoms with Crippen LogP contribution in [0.1, 0.15) is 16.7 Å². The minimum absolute atomic E-state index is 0.0358. The molecule has 0 aliphatic rings. The lowest BCUT2D eigenvalue weighted by molar-refractivity contribution is -0.118. The lowest BCUT2D eigenvalue weighted by Crippen LogP contribution is -2.20. The third kappa shape index (κ3) is 4.12. The number of anilines is 1. The zero-order valence-corrected chi connectivity index (χ0v) is 17.0. The van der Waals surface area contributed by atoms with Crippen LogP contribution < -0.4 is 10.1 Å². The number of nitrogens with one attached hydrogen (secondary N) is 1. The first kappa shape index (κ1) is 19.5. The van der Waals surface area contributed by atoms with Crippen molar-refractivity contribution < 1.29 is 19.1 Å². The van der Waals surface area contributed by atoms with Gasteiger partial charge in [-0.15, -0.1) is 0 Å². The smallest absolute Gasteiger partial charge is 0.262 e. The first-order valence-corrected chi connectivity index (χ1v) is 9.59. The summed E-state index contributed by atoms with van der Waals surface area (Å²) in [6.45, 7) is 5.79. The molecule has 6 heteroatoms. The molecule has 0 saturated heterocycles. The largest absolute Gasteiger partial charge is 0.507 e. The molecule has 6 nitrogen and oxygen atoms in total. The Morgan fingerprint density at radius 2 is 1.80 bits per heavy atom. The van der Waals surface area contributed by atoms with Gasteiger partial charge in [0.2, 0.25) is 5.89 Å². The fraction of sp³-hybridized carbons (Fsp3) is 0.167. The number of aryl methyl sites for hydroxylation is 3. The van der Waals surface area contributed by atoms with Crippen LogP contribution in [-0.2, 0) is 4.79 Å². The molecule has 1 heterocycles. The third-order valence-electron chi connectivity index (χ3n) is 4.74. The van der Waals surface area contributed by atoms with Crippen molar-refractivity contribution in [2.24, 2.45) is 0 Å². The SMILES string of the molecule is Cc1ccc(OCC(=O)Nc2ccc(-c3nc4cc(C)ccc4o3)c(O)c2)c(C)c1. The van der Waals surface area contributed by atoms with Crippen LogP contribution in [-0.4, -0.2) is 22.6 Å². The van der Waals surface area contributed by atoms with Gasteiger partial charge in [0.25, 0.3) is 5.91 Å². The topological polar surface area (TPSA) is 84.6 Å². The molecule has 0 saturated carbocycles. The van der Waals surface area contributed by atoms with Crippen molar-refractivity contribution in [1.82, 2.24) is 4.98 Å². The summed E-state index contributed by atoms with van der Waals surface area (Å²) in [5.41, 5.74) is 5.46. The lowest BCUT2D eigenvalue weighted by Gasteiger charge is -2.11. The zero-order chi connectivity index (χ0) is 21.3. The standard InChI is InChI=1S/C24H22N2O4/c1-14-4-8-21(16(3)10-14)29-13-23(28)25-17-6-7-18(20(27)12-17)24-26-19-11-15(2)5-9-22(19)30-24/h4-12,27H,13H2,1-3H3,(H,25,28). The highest BCUT2D eigenvalue weighted by atomic mass is 16.5. The molecule has 0 unspecified atom stereocenters. The van der Waals surface area contributed by atoms with Gasteiger partial charge >= 0.3 is 0 Å². The summed E-state index contributed by atoms with van der Waals surface area (Å²) in [5.74, 6) is 0.634. The fourth-order valence-electron chi connectivity index (χ4n) is 3.24. The first-order chi connectivity index (χ1) is 14.4. The number of hydrogen-bond donors (Lipinski definition) is 2. The van der Waals surface area contributed by atoms with Crippen LogP contribution in [0.3, 0.4) is 0 Å². The summed E-state index contributed by atoms with van der Waals surface area (Å²) < 4.78 is 11.3. The van der Waals surface area contributed by atoms with Gasteiger partial charge < -0.3 is 19.6 Å². The van der Waals surface area contributed by atoms with Crippen molar-refractivity contribution in [3.05, 3.63) is 71.3 Å². The van der Waals surface area contributed by atoms with Gasteiger partial charge in [0.15, 0.2) is 12.2 Å². The first-order valence-electron chi connectivity index (χ1n) is 9.59. The van der Waals surface area contributed by atoms with Crippen LogP contribution >= 0.6 is 0 Å². The maximum absolute atomic E-state index is 12.2. The van der Waals surface area contributed by atoms with Gasteiger partial charge in [0.1, 0.15) is 17.0 Å². The second-order valence-electron chi connectivity index (χ2n) is 7.33. The highest BCUT2D eigenvalue weighted by molar-refractivity contribution is 5.92. The average Bonchev–Trinajstić information content (AvgIpc) is 3.10. The molecule has 0 fully saturated rings. The molecule has 0 aliphatic heterocycles. The van der Waals surface area contributed by atoms with E-state index < -0.39 is 0 Å². The molecule has 3 aromatic carbocycles. The zero-order valence-electron chi connectivity index (χ0n) is 17.0. The number of oxazole rings is 1. The van der Waals surface area contributed by atoms with Gasteiger partial charge in [-0.05, 0) is 62.2 Å². The molecule has 152 valence electrons. The Labute approximate surface area is 174 Å². The van der Waals surface area contributed by atoms with E-state index in [1.165, 1.54) is 6.07 Å². The highest BCUT2D eigenvalue weighted by Gasteiger charge is 2.14. The van der Waals surface area contributed by atoms with E-state index in [0.717, 1.165) is 22.2 Å². The number of phenols is 1. The quantitative estimate of drug-likeness (QED) is 0.483. The second-order valence-corrected chi connectivity index (χ2v) is 7.33. The fourth-order valence-corrected chi connectivity index (χ4v) is 3.24. The Balaban J connectivity index is 1.45. The number of amides is 1. The Bertz CT molecular complexity index is 1240. The second kappa shape index (κ2) is 7.91. The van der Waals surface area contributed by atoms with Crippen LogP contribution in [0.2, 0.25) is 0 Å². The van der Waals surface area contributed by atoms with Crippen LogP contribution in [0, 0.1) is 20.8 Å². The van der Waals surface area contributed by atoms with Crippen molar-refractivity contribution in [2.45, 2.75) is 20.8 Å². The van der Waals surface area contributed by atoms with Crippen molar-refractivity contribution in [3.63, 3.8) is 0 Å². The molecular formula is C24H22N2O4. The predicted octanol–water partition coefficient (Wildman–Crippen LogP) is 5.14. The van der Waals surface area contributed by atoms with Crippen molar-refractivity contribution in [1.29, 1.82) is 0 Å². The molecule has 0 bridgehead atoms. The summed E-state index contributed by atoms with van der Waals surface area (Å²) in [5, 5.41) is 13.1. The summed E-state index contributed by atoms with van der Waals surface area (Å²) >= 11 is 0. The normalized spacial score (nSPS) is 10.9. The van der Waals surface area contributed by atoms with Crippen LogP contribution in [0.5, 0.6) is 11.5 Å². The molecule has 0 atom stereocenters. The Hall–Kier alpha value is -3.80. The average molecular weight is 402 g/mol. The molecule has 2 N–H and O–H groups in total. The highest BCUT2D eigenvalue weighted by Crippen LogP contribution is 2.33. The minimum Gasteiger partial charge on any atom is -0.507 e. The molecule has 1 aromatic heterocycles. The number of carbonyl (C=O) groups is 1. The van der Waals surface area contributed by atoms with E-state index in [1.807, 2.05) is 57.2 Å². The molecule has 0 aliphatic carbocycles. The van der Waals surface area contributed by atoms with E-state index in [1.54, 1.807) is 12.1 Å². The Morgan fingerprint density at radius 1 is 1.03 bits per heavy atom. The van der Waals surface area contributed by atoms with Crippen molar-refractivity contribution in [2.75, 3.05) is 11.9 Å². The van der Waals surface area contributed by atoms with E-state index >= 15 is 0 Å². The molecule has 4 aromatic rings. The van der Waals surface area contributed by atoms with E-state index in [-0.39, 0.29) is 18.3 Å². The van der Waals surface area contributed by atoms with Crippen molar-refractivity contribution in [3.8, 4) is 23.0 Å². The summed E-state index contributed by atoms with van der Waals surface area (Å²) in [6, 6.07) is 16.3. The number of aromatic hydroxyl groups is 1. The van der Waals surface area contributed by atoms with Gasteiger partial charge in [-0.2, -0.15) is 0 Å². The van der Waals surface area contributed by atoms with Crippen molar-refractivity contribution >= 4 is 22.7 Å². The summed E-state index contributed by atoms with van der Waals surface area (Å²) in [7, 11) is 0. The van der Waals surface area contributed by atoms with E-state index in [9.17, 15) is 9.90 Å². The molecule has 1 amide bonds. The predicted molar refractivity (Wildman–Crippen MR) is 116 cm³/mol. The number of phenolic OH excluding ortho intramolecular Hbond substituents is 1. The van der Waals surface area contributed by atoms with Crippen LogP contribution in [0.4, 0.5) is 5.69 Å². The number of benzene rings is 3. The van der Waals surface area contributed by atoms with Gasteiger partial charge in [0, 0.05) is 11.8 Å². The van der Waals surface area contributed by atoms with Gasteiger partial charge in [-0.1, -0.05) is 23.8 Å². The van der Waals surface area contributed by atoms with Crippen LogP contribution in [0.15, 0.2) is 59.0 Å². The number of hydrogen-bond acceptors (Lipinski definition) is 5.